The van der Waals surface area contributed by atoms with Gasteiger partial charge in [0.25, 0.3) is 5.69 Å². The van der Waals surface area contributed by atoms with Crippen molar-refractivity contribution in [3.63, 3.8) is 0 Å². The number of anilines is 1. The van der Waals surface area contributed by atoms with Crippen LogP contribution in [0.4, 0.5) is 11.4 Å². The van der Waals surface area contributed by atoms with E-state index in [0.717, 1.165) is 4.90 Å². The lowest BCUT2D eigenvalue weighted by Gasteiger charge is -2.12. The molecule has 0 fully saturated rings. The van der Waals surface area contributed by atoms with Gasteiger partial charge in [0.15, 0.2) is 0 Å². The number of hydrogen-bond acceptors (Lipinski definition) is 6. The number of hydrogen-bond donors (Lipinski definition) is 1. The first-order chi connectivity index (χ1) is 14.8. The predicted molar refractivity (Wildman–Crippen MR) is 124 cm³/mol. The maximum Gasteiger partial charge on any atom is 0.339 e. The number of rotatable bonds is 7. The van der Waals surface area contributed by atoms with Crippen LogP contribution in [-0.4, -0.2) is 18.0 Å². The number of nitro benzene ring substituents is 1. The fraction of sp³-hybridized carbons (Fsp3) is 0.0952. The van der Waals surface area contributed by atoms with Crippen molar-refractivity contribution >= 4 is 63.9 Å². The quantitative estimate of drug-likeness (QED) is 0.213. The van der Waals surface area contributed by atoms with Crippen molar-refractivity contribution in [2.45, 2.75) is 16.3 Å². The first-order valence-electron chi connectivity index (χ1n) is 8.80. The standard InChI is InChI=1S/C21H15Cl3N2O4S/c1-30-21(27)15-5-3-13(22)9-18(15)25-11-12-2-7-20(19(8-12)26(28)29)31-14-4-6-16(23)17(24)10-14/h2-10,25H,11H2,1H3. The van der Waals surface area contributed by atoms with Crippen molar-refractivity contribution in [3.05, 3.63) is 90.9 Å². The molecule has 0 amide bonds. The molecule has 0 aromatic heterocycles. The molecule has 0 saturated carbocycles. The fourth-order valence-corrected chi connectivity index (χ4v) is 4.19. The molecule has 0 heterocycles. The van der Waals surface area contributed by atoms with E-state index in [1.165, 1.54) is 24.9 Å². The van der Waals surface area contributed by atoms with Crippen molar-refractivity contribution in [2.75, 3.05) is 12.4 Å². The van der Waals surface area contributed by atoms with Crippen molar-refractivity contribution in [2.24, 2.45) is 0 Å². The van der Waals surface area contributed by atoms with E-state index in [2.05, 4.69) is 5.32 Å². The molecule has 6 nitrogen and oxygen atoms in total. The van der Waals surface area contributed by atoms with Gasteiger partial charge in [0, 0.05) is 22.5 Å². The van der Waals surface area contributed by atoms with Crippen LogP contribution in [0.5, 0.6) is 0 Å². The second-order valence-electron chi connectivity index (χ2n) is 6.27. The van der Waals surface area contributed by atoms with Gasteiger partial charge < -0.3 is 10.1 Å². The normalized spacial score (nSPS) is 10.6. The van der Waals surface area contributed by atoms with Gasteiger partial charge in [-0.2, -0.15) is 0 Å². The van der Waals surface area contributed by atoms with Crippen LogP contribution in [0.25, 0.3) is 0 Å². The van der Waals surface area contributed by atoms with Crippen LogP contribution in [0.3, 0.4) is 0 Å². The lowest BCUT2D eigenvalue weighted by Crippen LogP contribution is -2.08. The highest BCUT2D eigenvalue weighted by atomic mass is 35.5. The van der Waals surface area contributed by atoms with E-state index >= 15 is 0 Å². The zero-order chi connectivity index (χ0) is 22.5. The monoisotopic (exact) mass is 496 g/mol. The van der Waals surface area contributed by atoms with Crippen LogP contribution in [0, 0.1) is 10.1 Å². The molecular formula is C21H15Cl3N2O4S. The van der Waals surface area contributed by atoms with E-state index in [1.807, 2.05) is 0 Å². The molecule has 0 aliphatic heterocycles. The number of esters is 1. The van der Waals surface area contributed by atoms with E-state index in [0.29, 0.717) is 36.8 Å². The first kappa shape index (κ1) is 23.2. The minimum atomic E-state index is -0.515. The predicted octanol–water partition coefficient (Wildman–Crippen LogP) is 7.10. The van der Waals surface area contributed by atoms with Crippen LogP contribution in [0.2, 0.25) is 15.1 Å². The Morgan fingerprint density at radius 2 is 1.84 bits per heavy atom. The number of nitro groups is 1. The summed E-state index contributed by atoms with van der Waals surface area (Å²) < 4.78 is 4.78. The van der Waals surface area contributed by atoms with E-state index in [-0.39, 0.29) is 12.2 Å². The zero-order valence-electron chi connectivity index (χ0n) is 16.0. The lowest BCUT2D eigenvalue weighted by atomic mass is 10.1. The summed E-state index contributed by atoms with van der Waals surface area (Å²) in [4.78, 5) is 24.3. The number of nitrogens with one attached hydrogen (secondary N) is 1. The average Bonchev–Trinajstić information content (AvgIpc) is 2.75. The van der Waals surface area contributed by atoms with Crippen molar-refractivity contribution < 1.29 is 14.5 Å². The van der Waals surface area contributed by atoms with Gasteiger partial charge in [-0.3, -0.25) is 10.1 Å². The molecule has 3 aromatic rings. The van der Waals surface area contributed by atoms with Crippen LogP contribution in [-0.2, 0) is 11.3 Å². The van der Waals surface area contributed by atoms with Gasteiger partial charge in [-0.15, -0.1) is 0 Å². The molecule has 0 spiro atoms. The molecule has 0 unspecified atom stereocenters. The van der Waals surface area contributed by atoms with Crippen molar-refractivity contribution in [1.82, 2.24) is 0 Å². The Morgan fingerprint density at radius 3 is 2.52 bits per heavy atom. The minimum Gasteiger partial charge on any atom is -0.465 e. The maximum atomic E-state index is 11.9. The third-order valence-corrected chi connectivity index (χ3v) is 6.24. The third-order valence-electron chi connectivity index (χ3n) is 4.21. The second kappa shape index (κ2) is 10.2. The van der Waals surface area contributed by atoms with E-state index in [1.54, 1.807) is 48.5 Å². The van der Waals surface area contributed by atoms with Crippen molar-refractivity contribution in [3.8, 4) is 0 Å². The molecule has 0 atom stereocenters. The van der Waals surface area contributed by atoms with Gasteiger partial charge in [0.2, 0.25) is 0 Å². The van der Waals surface area contributed by atoms with Crippen LogP contribution >= 0.6 is 46.6 Å². The number of nitrogens with zero attached hydrogens (tertiary/aromatic N) is 1. The van der Waals surface area contributed by atoms with Gasteiger partial charge in [-0.05, 0) is 48.0 Å². The molecule has 3 aromatic carbocycles. The molecule has 0 bridgehead atoms. The SMILES string of the molecule is COC(=O)c1ccc(Cl)cc1NCc1ccc(Sc2ccc(Cl)c(Cl)c2)c([N+](=O)[O-])c1. The highest BCUT2D eigenvalue weighted by Gasteiger charge is 2.17. The molecular weight excluding hydrogens is 483 g/mol. The summed E-state index contributed by atoms with van der Waals surface area (Å²) >= 11 is 19.2. The fourth-order valence-electron chi connectivity index (χ4n) is 2.72. The molecule has 1 N–H and O–H groups in total. The Balaban J connectivity index is 1.83. The molecule has 0 aliphatic carbocycles. The van der Waals surface area contributed by atoms with Crippen LogP contribution in [0.15, 0.2) is 64.4 Å². The summed E-state index contributed by atoms with van der Waals surface area (Å²) in [7, 11) is 1.29. The Kier molecular flexibility index (Phi) is 7.67. The van der Waals surface area contributed by atoms with Crippen molar-refractivity contribution in [1.29, 1.82) is 0 Å². The number of methoxy groups -OCH3 is 1. The summed E-state index contributed by atoms with van der Waals surface area (Å²) in [5, 5.41) is 15.9. The number of carbonyl (C=O) groups excluding carboxylic acids is 1. The number of ether oxygens (including phenoxy) is 1. The minimum absolute atomic E-state index is 0.0466. The third kappa shape index (κ3) is 5.83. The van der Waals surface area contributed by atoms with E-state index in [9.17, 15) is 14.9 Å². The maximum absolute atomic E-state index is 11.9. The zero-order valence-corrected chi connectivity index (χ0v) is 19.1. The van der Waals surface area contributed by atoms with E-state index < -0.39 is 10.9 Å². The topological polar surface area (TPSA) is 81.5 Å². The smallest absolute Gasteiger partial charge is 0.339 e. The number of halogens is 3. The first-order valence-corrected chi connectivity index (χ1v) is 10.8. The van der Waals surface area contributed by atoms with Crippen LogP contribution in [0.1, 0.15) is 15.9 Å². The lowest BCUT2D eigenvalue weighted by molar-refractivity contribution is -0.387. The van der Waals surface area contributed by atoms with E-state index in [4.69, 9.17) is 39.5 Å². The van der Waals surface area contributed by atoms with Gasteiger partial charge >= 0.3 is 5.97 Å². The summed E-state index contributed by atoms with van der Waals surface area (Å²) in [6, 6.07) is 14.7. The molecule has 0 saturated heterocycles. The molecule has 31 heavy (non-hydrogen) atoms. The highest BCUT2D eigenvalue weighted by molar-refractivity contribution is 7.99. The molecule has 0 aliphatic rings. The molecule has 0 radical (unpaired) electrons. The Morgan fingerprint density at radius 1 is 1.06 bits per heavy atom. The average molecular weight is 498 g/mol. The largest absolute Gasteiger partial charge is 0.465 e. The Labute approximate surface area is 197 Å². The summed E-state index contributed by atoms with van der Waals surface area (Å²) in [5.74, 6) is -0.515. The molecule has 160 valence electrons. The highest BCUT2D eigenvalue weighted by Crippen LogP contribution is 2.37. The summed E-state index contributed by atoms with van der Waals surface area (Å²) in [5.41, 5.74) is 1.39. The van der Waals surface area contributed by atoms with Gasteiger partial charge in [-0.25, -0.2) is 4.79 Å². The van der Waals surface area contributed by atoms with Gasteiger partial charge in [0.05, 0.1) is 38.2 Å². The number of carbonyl (C=O) groups is 1. The molecule has 10 heteroatoms. The number of benzene rings is 3. The molecule has 3 rings (SSSR count). The second-order valence-corrected chi connectivity index (χ2v) is 8.64. The summed E-state index contributed by atoms with van der Waals surface area (Å²) in [6.07, 6.45) is 0. The van der Waals surface area contributed by atoms with Crippen LogP contribution < -0.4 is 5.32 Å². The van der Waals surface area contributed by atoms with Gasteiger partial charge in [-0.1, -0.05) is 52.6 Å². The Bertz CT molecular complexity index is 1160. The van der Waals surface area contributed by atoms with Gasteiger partial charge in [0.1, 0.15) is 0 Å². The summed E-state index contributed by atoms with van der Waals surface area (Å²) in [6.45, 7) is 0.239. The Hall–Kier alpha value is -2.45.